The van der Waals surface area contributed by atoms with Crippen LogP contribution in [0.15, 0.2) is 29.4 Å². The van der Waals surface area contributed by atoms with Gasteiger partial charge in [-0.3, -0.25) is 4.99 Å². The molecule has 0 amide bonds. The van der Waals surface area contributed by atoms with Crippen molar-refractivity contribution < 1.29 is 4.74 Å². The molecule has 154 valence electrons. The zero-order chi connectivity index (χ0) is 20.0. The van der Waals surface area contributed by atoms with Gasteiger partial charge in [0.15, 0.2) is 5.96 Å². The Labute approximate surface area is 168 Å². The fourth-order valence-corrected chi connectivity index (χ4v) is 4.03. The molecule has 1 saturated heterocycles. The van der Waals surface area contributed by atoms with Crippen molar-refractivity contribution >= 4 is 16.9 Å². The van der Waals surface area contributed by atoms with E-state index in [4.69, 9.17) is 9.73 Å². The highest BCUT2D eigenvalue weighted by molar-refractivity contribution is 5.86. The molecule has 3 N–H and O–H groups in total. The molecule has 1 aliphatic heterocycles. The highest BCUT2D eigenvalue weighted by atomic mass is 16.5. The molecule has 3 rings (SSSR count). The minimum Gasteiger partial charge on any atom is -0.381 e. The third-order valence-corrected chi connectivity index (χ3v) is 5.93. The van der Waals surface area contributed by atoms with Gasteiger partial charge >= 0.3 is 0 Å². The van der Waals surface area contributed by atoms with E-state index < -0.39 is 0 Å². The topological polar surface area (TPSA) is 64.7 Å². The molecular weight excluding hydrogens is 350 g/mol. The summed E-state index contributed by atoms with van der Waals surface area (Å²) >= 11 is 0. The van der Waals surface area contributed by atoms with E-state index in [0.717, 1.165) is 58.1 Å². The molecule has 1 aromatic heterocycles. The third-order valence-electron chi connectivity index (χ3n) is 5.93. The monoisotopic (exact) mass is 385 g/mol. The summed E-state index contributed by atoms with van der Waals surface area (Å²) in [5, 5.41) is 8.25. The van der Waals surface area contributed by atoms with Gasteiger partial charge in [-0.2, -0.15) is 0 Å². The zero-order valence-electron chi connectivity index (χ0n) is 17.8. The average Bonchev–Trinajstić information content (AvgIpc) is 3.11. The summed E-state index contributed by atoms with van der Waals surface area (Å²) in [4.78, 5) is 10.6. The van der Waals surface area contributed by atoms with Crippen molar-refractivity contribution in [3.8, 4) is 0 Å². The van der Waals surface area contributed by atoms with E-state index in [1.807, 2.05) is 0 Å². The number of aliphatic imine (C=N–C) groups is 1. The van der Waals surface area contributed by atoms with Gasteiger partial charge in [0.25, 0.3) is 0 Å². The normalized spacial score (nSPS) is 17.2. The number of fused-ring (bicyclic) bond motifs is 1. The van der Waals surface area contributed by atoms with Crippen molar-refractivity contribution in [1.29, 1.82) is 0 Å². The Kier molecular flexibility index (Phi) is 6.97. The number of rotatable bonds is 7. The second kappa shape index (κ2) is 9.43. The number of aryl methyl sites for hydroxylation is 1. The SMILES string of the molecule is CCNC(=NCC1(N(C)C)CCOCC1)NCCc1c[nH]c2cccc(C)c12. The molecule has 1 aromatic carbocycles. The first-order chi connectivity index (χ1) is 13.6. The van der Waals surface area contributed by atoms with E-state index in [2.05, 4.69) is 72.9 Å². The molecule has 0 bridgehead atoms. The van der Waals surface area contributed by atoms with Crippen molar-refractivity contribution in [2.75, 3.05) is 46.9 Å². The first kappa shape index (κ1) is 20.7. The van der Waals surface area contributed by atoms with E-state index in [1.54, 1.807) is 0 Å². The lowest BCUT2D eigenvalue weighted by molar-refractivity contribution is -0.00254. The van der Waals surface area contributed by atoms with E-state index in [9.17, 15) is 0 Å². The number of aromatic nitrogens is 1. The Balaban J connectivity index is 1.63. The number of hydrogen-bond donors (Lipinski definition) is 3. The van der Waals surface area contributed by atoms with Crippen LogP contribution in [0.1, 0.15) is 30.9 Å². The minimum atomic E-state index is 0.0918. The van der Waals surface area contributed by atoms with Crippen molar-refractivity contribution in [2.45, 2.75) is 38.6 Å². The number of guanidine groups is 1. The molecule has 2 heterocycles. The summed E-state index contributed by atoms with van der Waals surface area (Å²) in [6.45, 7) is 8.41. The zero-order valence-corrected chi connectivity index (χ0v) is 17.8. The second-order valence-corrected chi connectivity index (χ2v) is 7.91. The number of nitrogens with zero attached hydrogens (tertiary/aromatic N) is 2. The minimum absolute atomic E-state index is 0.0918. The predicted octanol–water partition coefficient (Wildman–Crippen LogP) is 2.68. The Hall–Kier alpha value is -2.05. The maximum absolute atomic E-state index is 5.57. The van der Waals surface area contributed by atoms with Crippen LogP contribution in [0, 0.1) is 6.92 Å². The van der Waals surface area contributed by atoms with E-state index in [0.29, 0.717) is 0 Å². The van der Waals surface area contributed by atoms with Gasteiger partial charge in [-0.15, -0.1) is 0 Å². The fraction of sp³-hybridized carbons (Fsp3) is 0.591. The van der Waals surface area contributed by atoms with Gasteiger partial charge < -0.3 is 25.3 Å². The van der Waals surface area contributed by atoms with Gasteiger partial charge in [-0.1, -0.05) is 12.1 Å². The lowest BCUT2D eigenvalue weighted by Crippen LogP contribution is -2.51. The second-order valence-electron chi connectivity index (χ2n) is 7.91. The van der Waals surface area contributed by atoms with Crippen LogP contribution in [-0.2, 0) is 11.2 Å². The van der Waals surface area contributed by atoms with E-state index in [-0.39, 0.29) is 5.54 Å². The summed E-state index contributed by atoms with van der Waals surface area (Å²) in [7, 11) is 4.31. The van der Waals surface area contributed by atoms with Crippen LogP contribution >= 0.6 is 0 Å². The van der Waals surface area contributed by atoms with Gasteiger partial charge in [0.05, 0.1) is 6.54 Å². The molecule has 1 aliphatic rings. The molecule has 0 saturated carbocycles. The number of hydrogen-bond acceptors (Lipinski definition) is 3. The fourth-order valence-electron chi connectivity index (χ4n) is 4.03. The van der Waals surface area contributed by atoms with Gasteiger partial charge in [0, 0.05) is 48.9 Å². The highest BCUT2D eigenvalue weighted by Crippen LogP contribution is 2.26. The number of H-pyrrole nitrogens is 1. The number of benzene rings is 1. The molecule has 6 heteroatoms. The van der Waals surface area contributed by atoms with Crippen LogP contribution in [0.5, 0.6) is 0 Å². The number of aromatic amines is 1. The summed E-state index contributed by atoms with van der Waals surface area (Å²) in [6.07, 6.45) is 5.14. The average molecular weight is 386 g/mol. The maximum Gasteiger partial charge on any atom is 0.191 e. The summed E-state index contributed by atoms with van der Waals surface area (Å²) in [6, 6.07) is 6.41. The molecular formula is C22H35N5O. The van der Waals surface area contributed by atoms with Gasteiger partial charge in [-0.05, 0) is 64.4 Å². The number of nitrogens with one attached hydrogen (secondary N) is 3. The molecule has 0 atom stereocenters. The van der Waals surface area contributed by atoms with Crippen LogP contribution in [0.2, 0.25) is 0 Å². The Morgan fingerprint density at radius 3 is 2.75 bits per heavy atom. The molecule has 6 nitrogen and oxygen atoms in total. The lowest BCUT2D eigenvalue weighted by Gasteiger charge is -2.41. The molecule has 0 unspecified atom stereocenters. The Morgan fingerprint density at radius 2 is 2.04 bits per heavy atom. The van der Waals surface area contributed by atoms with Crippen LogP contribution in [-0.4, -0.2) is 68.3 Å². The molecule has 1 fully saturated rings. The van der Waals surface area contributed by atoms with Crippen LogP contribution < -0.4 is 10.6 Å². The largest absolute Gasteiger partial charge is 0.381 e. The predicted molar refractivity (Wildman–Crippen MR) is 117 cm³/mol. The van der Waals surface area contributed by atoms with Gasteiger partial charge in [0.2, 0.25) is 0 Å². The quantitative estimate of drug-likeness (QED) is 0.506. The molecule has 0 aliphatic carbocycles. The maximum atomic E-state index is 5.57. The number of ether oxygens (including phenoxy) is 1. The standard InChI is InChI=1S/C22H35N5O/c1-5-23-21(26-16-22(27(3)4)10-13-28-14-11-22)24-12-9-18-15-25-19-8-6-7-17(2)20(18)19/h6-8,15,25H,5,9-14,16H2,1-4H3,(H2,23,24,26). The van der Waals surface area contributed by atoms with Crippen LogP contribution in [0.25, 0.3) is 10.9 Å². The van der Waals surface area contributed by atoms with Gasteiger partial charge in [-0.25, -0.2) is 0 Å². The summed E-state index contributed by atoms with van der Waals surface area (Å²) in [5.41, 5.74) is 3.98. The lowest BCUT2D eigenvalue weighted by atomic mass is 9.89. The van der Waals surface area contributed by atoms with E-state index in [1.165, 1.54) is 22.0 Å². The molecule has 0 radical (unpaired) electrons. The summed E-state index contributed by atoms with van der Waals surface area (Å²) in [5.74, 6) is 0.895. The molecule has 28 heavy (non-hydrogen) atoms. The first-order valence-corrected chi connectivity index (χ1v) is 10.4. The van der Waals surface area contributed by atoms with Gasteiger partial charge in [0.1, 0.15) is 0 Å². The summed E-state index contributed by atoms with van der Waals surface area (Å²) < 4.78 is 5.57. The highest BCUT2D eigenvalue weighted by Gasteiger charge is 2.34. The third kappa shape index (κ3) is 4.67. The Bertz CT molecular complexity index is 789. The molecule has 2 aromatic rings. The van der Waals surface area contributed by atoms with Crippen molar-refractivity contribution in [1.82, 2.24) is 20.5 Å². The first-order valence-electron chi connectivity index (χ1n) is 10.4. The van der Waals surface area contributed by atoms with E-state index >= 15 is 0 Å². The number of likely N-dealkylation sites (N-methyl/N-ethyl adjacent to an activating group) is 1. The molecule has 0 spiro atoms. The Morgan fingerprint density at radius 1 is 1.25 bits per heavy atom. The van der Waals surface area contributed by atoms with Crippen molar-refractivity contribution in [2.24, 2.45) is 4.99 Å². The van der Waals surface area contributed by atoms with Crippen molar-refractivity contribution in [3.63, 3.8) is 0 Å². The smallest absolute Gasteiger partial charge is 0.191 e. The van der Waals surface area contributed by atoms with Crippen molar-refractivity contribution in [3.05, 3.63) is 35.5 Å². The van der Waals surface area contributed by atoms with Crippen LogP contribution in [0.3, 0.4) is 0 Å². The van der Waals surface area contributed by atoms with Crippen LogP contribution in [0.4, 0.5) is 0 Å².